The molecule has 0 saturated heterocycles. The summed E-state index contributed by atoms with van der Waals surface area (Å²) in [5, 5.41) is 2.18. The Balaban J connectivity index is 1.66. The van der Waals surface area contributed by atoms with Crippen molar-refractivity contribution in [3.63, 3.8) is 0 Å². The first-order valence-electron chi connectivity index (χ1n) is 8.33. The molecule has 0 amide bonds. The van der Waals surface area contributed by atoms with Crippen molar-refractivity contribution in [1.29, 1.82) is 0 Å². The van der Waals surface area contributed by atoms with Crippen molar-refractivity contribution in [2.24, 2.45) is 0 Å². The lowest BCUT2D eigenvalue weighted by Crippen LogP contribution is -2.35. The second kappa shape index (κ2) is 6.80. The summed E-state index contributed by atoms with van der Waals surface area (Å²) < 4.78 is 5.27. The molecular weight excluding hydrogens is 314 g/mol. The summed E-state index contributed by atoms with van der Waals surface area (Å²) in [6.45, 7) is 2.05. The lowest BCUT2D eigenvalue weighted by atomic mass is 9.91. The van der Waals surface area contributed by atoms with E-state index in [4.69, 9.17) is 4.74 Å². The van der Waals surface area contributed by atoms with Crippen LogP contribution in [-0.2, 0) is 13.0 Å². The molecule has 0 bridgehead atoms. The summed E-state index contributed by atoms with van der Waals surface area (Å²) in [4.78, 5) is 4.02. The molecule has 1 aromatic heterocycles. The second-order valence-corrected chi connectivity index (χ2v) is 7.16. The van der Waals surface area contributed by atoms with E-state index in [2.05, 4.69) is 58.8 Å². The van der Waals surface area contributed by atoms with Gasteiger partial charge < -0.3 is 4.74 Å². The van der Waals surface area contributed by atoms with Gasteiger partial charge in [0, 0.05) is 18.0 Å². The highest BCUT2D eigenvalue weighted by Gasteiger charge is 2.29. The van der Waals surface area contributed by atoms with Crippen LogP contribution >= 0.6 is 11.3 Å². The van der Waals surface area contributed by atoms with Crippen molar-refractivity contribution in [2.75, 3.05) is 13.7 Å². The molecule has 2 heterocycles. The highest BCUT2D eigenvalue weighted by Crippen LogP contribution is 2.38. The minimum atomic E-state index is 0.358. The van der Waals surface area contributed by atoms with Crippen LogP contribution in [0.4, 0.5) is 0 Å². The number of nitrogens with zero attached hydrogens (tertiary/aromatic N) is 1. The van der Waals surface area contributed by atoms with Crippen LogP contribution in [0.3, 0.4) is 0 Å². The number of thiophene rings is 1. The second-order valence-electron chi connectivity index (χ2n) is 6.19. The first kappa shape index (κ1) is 15.4. The zero-order valence-electron chi connectivity index (χ0n) is 13.8. The number of benzene rings is 2. The fraction of sp³-hybridized carbons (Fsp3) is 0.238. The molecule has 0 fully saturated rings. The number of hydrogen-bond acceptors (Lipinski definition) is 3. The third kappa shape index (κ3) is 2.97. The van der Waals surface area contributed by atoms with E-state index in [-0.39, 0.29) is 0 Å². The lowest BCUT2D eigenvalue weighted by Gasteiger charge is -2.37. The SMILES string of the molecule is COc1ccc(CN2CCc3ccccc3C2c2cccs2)cc1. The van der Waals surface area contributed by atoms with Gasteiger partial charge in [-0.2, -0.15) is 0 Å². The maximum atomic E-state index is 5.27. The van der Waals surface area contributed by atoms with Crippen LogP contribution in [0.1, 0.15) is 27.6 Å². The van der Waals surface area contributed by atoms with Crippen molar-refractivity contribution in [3.05, 3.63) is 87.6 Å². The molecule has 0 saturated carbocycles. The van der Waals surface area contributed by atoms with Crippen LogP contribution in [0.5, 0.6) is 5.75 Å². The van der Waals surface area contributed by atoms with Gasteiger partial charge in [0.15, 0.2) is 0 Å². The monoisotopic (exact) mass is 335 g/mol. The minimum absolute atomic E-state index is 0.358. The van der Waals surface area contributed by atoms with Crippen molar-refractivity contribution in [3.8, 4) is 5.75 Å². The molecule has 3 heteroatoms. The Hall–Kier alpha value is -2.10. The Morgan fingerprint density at radius 1 is 1.04 bits per heavy atom. The summed E-state index contributed by atoms with van der Waals surface area (Å²) in [5.41, 5.74) is 4.28. The van der Waals surface area contributed by atoms with Crippen molar-refractivity contribution in [2.45, 2.75) is 19.0 Å². The van der Waals surface area contributed by atoms with E-state index < -0.39 is 0 Å². The van der Waals surface area contributed by atoms with Gasteiger partial charge >= 0.3 is 0 Å². The van der Waals surface area contributed by atoms with E-state index in [0.717, 1.165) is 25.3 Å². The molecule has 2 aromatic carbocycles. The molecule has 0 spiro atoms. The van der Waals surface area contributed by atoms with E-state index in [1.165, 1.54) is 21.6 Å². The maximum absolute atomic E-state index is 5.27. The molecule has 122 valence electrons. The maximum Gasteiger partial charge on any atom is 0.118 e. The first-order valence-corrected chi connectivity index (χ1v) is 9.21. The van der Waals surface area contributed by atoms with Gasteiger partial charge in [-0.25, -0.2) is 0 Å². The normalized spacial score (nSPS) is 17.5. The Morgan fingerprint density at radius 2 is 1.88 bits per heavy atom. The molecule has 0 radical (unpaired) electrons. The lowest BCUT2D eigenvalue weighted by molar-refractivity contribution is 0.207. The summed E-state index contributed by atoms with van der Waals surface area (Å²) in [7, 11) is 1.71. The van der Waals surface area contributed by atoms with Crippen molar-refractivity contribution < 1.29 is 4.74 Å². The van der Waals surface area contributed by atoms with Crippen LogP contribution in [-0.4, -0.2) is 18.6 Å². The predicted octanol–water partition coefficient (Wildman–Crippen LogP) is 4.90. The largest absolute Gasteiger partial charge is 0.497 e. The zero-order chi connectivity index (χ0) is 16.4. The number of ether oxygens (including phenoxy) is 1. The molecule has 2 nitrogen and oxygen atoms in total. The Labute approximate surface area is 147 Å². The first-order chi connectivity index (χ1) is 11.8. The van der Waals surface area contributed by atoms with Gasteiger partial charge in [0.05, 0.1) is 13.2 Å². The number of methoxy groups -OCH3 is 1. The average molecular weight is 335 g/mol. The third-order valence-electron chi connectivity index (χ3n) is 4.74. The minimum Gasteiger partial charge on any atom is -0.497 e. The van der Waals surface area contributed by atoms with Crippen molar-refractivity contribution in [1.82, 2.24) is 4.90 Å². The molecule has 3 aromatic rings. The molecule has 1 atom stereocenters. The molecule has 4 rings (SSSR count). The van der Waals surface area contributed by atoms with Gasteiger partial charge in [-0.3, -0.25) is 4.90 Å². The van der Waals surface area contributed by atoms with Crippen LogP contribution in [0.2, 0.25) is 0 Å². The van der Waals surface area contributed by atoms with Gasteiger partial charge in [-0.15, -0.1) is 11.3 Å². The predicted molar refractivity (Wildman–Crippen MR) is 99.7 cm³/mol. The van der Waals surface area contributed by atoms with E-state index >= 15 is 0 Å². The van der Waals surface area contributed by atoms with Crippen molar-refractivity contribution >= 4 is 11.3 Å². The van der Waals surface area contributed by atoms with Gasteiger partial charge in [0.1, 0.15) is 5.75 Å². The molecule has 1 aliphatic rings. The van der Waals surface area contributed by atoms with E-state index in [9.17, 15) is 0 Å². The number of hydrogen-bond donors (Lipinski definition) is 0. The van der Waals surface area contributed by atoms with E-state index in [1.807, 2.05) is 23.5 Å². The van der Waals surface area contributed by atoms with Crippen LogP contribution in [0, 0.1) is 0 Å². The van der Waals surface area contributed by atoms with E-state index in [0.29, 0.717) is 6.04 Å². The molecular formula is C21H21NOS. The molecule has 0 N–H and O–H groups in total. The highest BCUT2D eigenvalue weighted by atomic mass is 32.1. The zero-order valence-corrected chi connectivity index (χ0v) is 14.6. The molecule has 0 aliphatic carbocycles. The van der Waals surface area contributed by atoms with E-state index in [1.54, 1.807) is 7.11 Å². The fourth-order valence-electron chi connectivity index (χ4n) is 3.53. The summed E-state index contributed by atoms with van der Waals surface area (Å²) in [6.07, 6.45) is 1.12. The fourth-order valence-corrected chi connectivity index (χ4v) is 4.41. The third-order valence-corrected chi connectivity index (χ3v) is 5.67. The quantitative estimate of drug-likeness (QED) is 0.672. The van der Waals surface area contributed by atoms with Crippen LogP contribution < -0.4 is 4.74 Å². The number of fused-ring (bicyclic) bond motifs is 1. The van der Waals surface area contributed by atoms with Gasteiger partial charge in [0.2, 0.25) is 0 Å². The van der Waals surface area contributed by atoms with Gasteiger partial charge in [-0.05, 0) is 46.7 Å². The molecule has 1 aliphatic heterocycles. The van der Waals surface area contributed by atoms with Gasteiger partial charge in [-0.1, -0.05) is 42.5 Å². The standard InChI is InChI=1S/C21H21NOS/c1-23-18-10-8-16(9-11-18)15-22-13-12-17-5-2-3-6-19(17)21(22)20-7-4-14-24-20/h2-11,14,21H,12-13,15H2,1H3. The average Bonchev–Trinajstić information content (AvgIpc) is 3.16. The summed E-state index contributed by atoms with van der Waals surface area (Å²) in [5.74, 6) is 0.914. The van der Waals surface area contributed by atoms with Gasteiger partial charge in [0.25, 0.3) is 0 Å². The summed E-state index contributed by atoms with van der Waals surface area (Å²) >= 11 is 1.85. The Morgan fingerprint density at radius 3 is 2.62 bits per heavy atom. The molecule has 1 unspecified atom stereocenters. The topological polar surface area (TPSA) is 12.5 Å². The summed E-state index contributed by atoms with van der Waals surface area (Å²) in [6, 6.07) is 22.1. The Bertz CT molecular complexity index is 795. The van der Waals surface area contributed by atoms with Crippen LogP contribution in [0.25, 0.3) is 0 Å². The Kier molecular flexibility index (Phi) is 4.37. The molecule has 24 heavy (non-hydrogen) atoms. The number of rotatable bonds is 4. The smallest absolute Gasteiger partial charge is 0.118 e. The van der Waals surface area contributed by atoms with Crippen LogP contribution in [0.15, 0.2) is 66.0 Å². The highest BCUT2D eigenvalue weighted by molar-refractivity contribution is 7.10.